The van der Waals surface area contributed by atoms with Gasteiger partial charge in [0, 0.05) is 19.4 Å². The smallest absolute Gasteiger partial charge is 0.306 e. The summed E-state index contributed by atoms with van der Waals surface area (Å²) in [4.78, 5) is 25.6. The maximum absolute atomic E-state index is 12.9. The largest absolute Gasteiger partial charge is 0.462 e. The summed E-state index contributed by atoms with van der Waals surface area (Å²) in [5.74, 6) is -0.523. The number of carbonyl (C=O) groups is 2. The molecule has 0 aliphatic heterocycles. The van der Waals surface area contributed by atoms with Crippen LogP contribution in [0.3, 0.4) is 0 Å². The zero-order valence-electron chi connectivity index (χ0n) is 47.8. The number of carbonyl (C=O) groups excluding carboxylic acids is 2. The van der Waals surface area contributed by atoms with E-state index in [0.29, 0.717) is 25.9 Å². The van der Waals surface area contributed by atoms with Gasteiger partial charge >= 0.3 is 11.9 Å². The predicted molar refractivity (Wildman–Crippen MR) is 324 cm³/mol. The third-order valence-electron chi connectivity index (χ3n) is 12.0. The Morgan fingerprint density at radius 1 is 0.311 bits per heavy atom. The van der Waals surface area contributed by atoms with Gasteiger partial charge in [-0.1, -0.05) is 249 Å². The Hall–Kier alpha value is -4.48. The Kier molecular flexibility index (Phi) is 59.0. The molecule has 1 atom stereocenters. The number of unbranched alkanes of at least 4 members (excludes halogenated alkanes) is 16. The first-order chi connectivity index (χ1) is 36.6. The molecule has 416 valence electrons. The second-order valence-corrected chi connectivity index (χ2v) is 19.1. The van der Waals surface area contributed by atoms with Crippen molar-refractivity contribution < 1.29 is 23.8 Å². The molecular weight excluding hydrogens is 909 g/mol. The highest BCUT2D eigenvalue weighted by atomic mass is 16.6. The van der Waals surface area contributed by atoms with Crippen LogP contribution in [0.25, 0.3) is 0 Å². The van der Waals surface area contributed by atoms with Gasteiger partial charge in [0.05, 0.1) is 6.61 Å². The fourth-order valence-electron chi connectivity index (χ4n) is 7.65. The second-order valence-electron chi connectivity index (χ2n) is 19.1. The molecule has 74 heavy (non-hydrogen) atoms. The highest BCUT2D eigenvalue weighted by Gasteiger charge is 2.17. The lowest BCUT2D eigenvalue weighted by Crippen LogP contribution is -2.30. The van der Waals surface area contributed by atoms with Crippen LogP contribution >= 0.6 is 0 Å². The Balaban J connectivity index is 4.48. The first-order valence-corrected chi connectivity index (χ1v) is 30.0. The highest BCUT2D eigenvalue weighted by molar-refractivity contribution is 5.70. The van der Waals surface area contributed by atoms with Gasteiger partial charge in [-0.05, 0) is 135 Å². The second kappa shape index (κ2) is 62.8. The first kappa shape index (κ1) is 69.5. The summed E-state index contributed by atoms with van der Waals surface area (Å²) in [6, 6.07) is 0. The van der Waals surface area contributed by atoms with Crippen LogP contribution in [0.1, 0.15) is 239 Å². The molecular formula is C69H110O5. The van der Waals surface area contributed by atoms with Crippen LogP contribution in [0.4, 0.5) is 0 Å². The van der Waals surface area contributed by atoms with E-state index in [9.17, 15) is 9.59 Å². The maximum Gasteiger partial charge on any atom is 0.306 e. The normalized spacial score (nSPS) is 13.4. The lowest BCUT2D eigenvalue weighted by atomic mass is 10.1. The van der Waals surface area contributed by atoms with E-state index in [2.05, 4.69) is 173 Å². The molecule has 0 radical (unpaired) electrons. The molecule has 0 saturated carbocycles. The molecule has 0 N–H and O–H groups in total. The van der Waals surface area contributed by atoms with Crippen LogP contribution < -0.4 is 0 Å². The number of hydrogen-bond donors (Lipinski definition) is 0. The topological polar surface area (TPSA) is 61.8 Å². The molecule has 1 unspecified atom stereocenters. The molecule has 5 heteroatoms. The van der Waals surface area contributed by atoms with Crippen molar-refractivity contribution in [2.75, 3.05) is 19.8 Å². The first-order valence-electron chi connectivity index (χ1n) is 30.0. The van der Waals surface area contributed by atoms with E-state index >= 15 is 0 Å². The van der Waals surface area contributed by atoms with Gasteiger partial charge in [0.2, 0.25) is 0 Å². The molecule has 0 spiro atoms. The molecule has 0 aromatic carbocycles. The molecule has 0 aromatic rings. The number of esters is 2. The van der Waals surface area contributed by atoms with Gasteiger partial charge in [0.15, 0.2) is 6.10 Å². The van der Waals surface area contributed by atoms with Crippen LogP contribution in [0.15, 0.2) is 158 Å². The third-order valence-corrected chi connectivity index (χ3v) is 12.0. The van der Waals surface area contributed by atoms with Gasteiger partial charge in [0.25, 0.3) is 0 Å². The van der Waals surface area contributed by atoms with Crippen molar-refractivity contribution in [2.45, 2.75) is 245 Å². The average Bonchev–Trinajstić information content (AvgIpc) is 3.40. The standard InChI is InChI=1S/C69H110O5/c1-4-7-10-13-16-19-22-25-28-31-34-37-40-43-46-49-52-55-58-61-64-72-65-67(74-69(71)63-60-57-54-51-48-45-42-39-36-33-30-27-24-21-18-15-12-9-6-3)66-73-68(70)62-59-56-53-50-47-44-41-38-35-32-29-26-23-20-17-14-11-8-5-2/h7-8,10-11,16-21,25-30,34-39,44,47,53,56,67H,4-6,9,12-15,22-24,31-33,40-43,45-46,48-52,54-55,57-66H2,1-3H3/b10-7-,11-8-,19-16-,20-17-,21-18-,28-25-,29-26-,30-27-,37-34-,38-35-,39-36-,47-44-,56-53-. The number of allylic oxidation sites excluding steroid dienone is 26. The van der Waals surface area contributed by atoms with Gasteiger partial charge in [-0.2, -0.15) is 0 Å². The van der Waals surface area contributed by atoms with Crippen LogP contribution in [0.2, 0.25) is 0 Å². The summed E-state index contributed by atoms with van der Waals surface area (Å²) < 4.78 is 17.4. The van der Waals surface area contributed by atoms with Crippen LogP contribution in [0, 0.1) is 0 Å². The minimum Gasteiger partial charge on any atom is -0.462 e. The summed E-state index contributed by atoms with van der Waals surface area (Å²) >= 11 is 0. The molecule has 0 aliphatic rings. The third kappa shape index (κ3) is 60.1. The van der Waals surface area contributed by atoms with E-state index in [-0.39, 0.29) is 25.2 Å². The van der Waals surface area contributed by atoms with Gasteiger partial charge in [-0.15, -0.1) is 0 Å². The van der Waals surface area contributed by atoms with Crippen LogP contribution in [0.5, 0.6) is 0 Å². The molecule has 0 aromatic heterocycles. The zero-order valence-corrected chi connectivity index (χ0v) is 47.8. The van der Waals surface area contributed by atoms with Crippen molar-refractivity contribution in [3.63, 3.8) is 0 Å². The van der Waals surface area contributed by atoms with E-state index in [1.54, 1.807) is 0 Å². The fourth-order valence-corrected chi connectivity index (χ4v) is 7.65. The van der Waals surface area contributed by atoms with E-state index in [1.165, 1.54) is 77.0 Å². The summed E-state index contributed by atoms with van der Waals surface area (Å²) in [5, 5.41) is 0. The van der Waals surface area contributed by atoms with Gasteiger partial charge < -0.3 is 14.2 Å². The molecule has 0 saturated heterocycles. The van der Waals surface area contributed by atoms with Crippen LogP contribution in [-0.4, -0.2) is 37.9 Å². The fraction of sp³-hybridized carbons (Fsp3) is 0.594. The number of rotatable bonds is 53. The molecule has 0 fully saturated rings. The SMILES string of the molecule is CC/C=C\C/C=C\C/C=C\C/C=C\C/C=C\C/C=C\CCC(=O)OCC(COCCCCCCCCC/C=C\C/C=C\C/C=C\C/C=C\CC)OC(=O)CCCCCCCC/C=C\C/C=C\C/C=C\CCCCC. The van der Waals surface area contributed by atoms with Crippen molar-refractivity contribution in [3.8, 4) is 0 Å². The minimum absolute atomic E-state index is 0.0243. The van der Waals surface area contributed by atoms with Crippen molar-refractivity contribution in [2.24, 2.45) is 0 Å². The minimum atomic E-state index is -0.594. The average molecular weight is 1020 g/mol. The summed E-state index contributed by atoms with van der Waals surface area (Å²) in [7, 11) is 0. The lowest BCUT2D eigenvalue weighted by Gasteiger charge is -2.18. The molecule has 0 amide bonds. The van der Waals surface area contributed by atoms with E-state index in [1.807, 2.05) is 6.08 Å². The van der Waals surface area contributed by atoms with Gasteiger partial charge in [-0.3, -0.25) is 9.59 Å². The van der Waals surface area contributed by atoms with Crippen LogP contribution in [-0.2, 0) is 23.8 Å². The van der Waals surface area contributed by atoms with Crippen molar-refractivity contribution in [3.05, 3.63) is 158 Å². The quantitative estimate of drug-likeness (QED) is 0.0345. The van der Waals surface area contributed by atoms with Gasteiger partial charge in [-0.25, -0.2) is 0 Å². The maximum atomic E-state index is 12.9. The number of hydrogen-bond acceptors (Lipinski definition) is 5. The zero-order chi connectivity index (χ0) is 53.4. The van der Waals surface area contributed by atoms with Crippen molar-refractivity contribution in [1.82, 2.24) is 0 Å². The Morgan fingerprint density at radius 2 is 0.635 bits per heavy atom. The van der Waals surface area contributed by atoms with Gasteiger partial charge in [0.1, 0.15) is 6.61 Å². The number of ether oxygens (including phenoxy) is 3. The Morgan fingerprint density at radius 3 is 1.03 bits per heavy atom. The molecule has 0 rings (SSSR count). The summed E-state index contributed by atoms with van der Waals surface area (Å²) in [6.45, 7) is 7.44. The molecule has 0 heterocycles. The molecule has 5 nitrogen and oxygen atoms in total. The van der Waals surface area contributed by atoms with E-state index < -0.39 is 6.10 Å². The van der Waals surface area contributed by atoms with Crippen molar-refractivity contribution >= 4 is 11.9 Å². The summed E-state index contributed by atoms with van der Waals surface area (Å²) in [5.41, 5.74) is 0. The molecule has 0 aliphatic carbocycles. The Labute approximate surface area is 456 Å². The summed E-state index contributed by atoms with van der Waals surface area (Å²) in [6.07, 6.45) is 92.8. The predicted octanol–water partition coefficient (Wildman–Crippen LogP) is 21.0. The van der Waals surface area contributed by atoms with E-state index in [4.69, 9.17) is 14.2 Å². The van der Waals surface area contributed by atoms with Crippen molar-refractivity contribution in [1.29, 1.82) is 0 Å². The lowest BCUT2D eigenvalue weighted by molar-refractivity contribution is -0.162. The van der Waals surface area contributed by atoms with E-state index in [0.717, 1.165) is 122 Å². The monoisotopic (exact) mass is 1020 g/mol. The highest BCUT2D eigenvalue weighted by Crippen LogP contribution is 2.13. The molecule has 0 bridgehead atoms. The Bertz CT molecular complexity index is 1620.